The van der Waals surface area contributed by atoms with Crippen molar-refractivity contribution in [2.24, 2.45) is 10.7 Å². The molecule has 0 saturated carbocycles. The number of benzene rings is 2. The van der Waals surface area contributed by atoms with Gasteiger partial charge in [0.05, 0.1) is 23.6 Å². The molecular formula is C22H20ClFN4O. The number of halogens is 2. The number of primary amides is 1. The van der Waals surface area contributed by atoms with E-state index < -0.39 is 5.91 Å². The van der Waals surface area contributed by atoms with Gasteiger partial charge in [-0.15, -0.1) is 0 Å². The zero-order valence-corrected chi connectivity index (χ0v) is 17.1. The molecule has 0 radical (unpaired) electrons. The minimum atomic E-state index is -0.621. The van der Waals surface area contributed by atoms with Crippen LogP contribution in [-0.2, 0) is 12.0 Å². The van der Waals surface area contributed by atoms with Gasteiger partial charge in [-0.3, -0.25) is 14.4 Å². The van der Waals surface area contributed by atoms with E-state index in [9.17, 15) is 9.18 Å². The summed E-state index contributed by atoms with van der Waals surface area (Å²) in [5, 5.41) is 0.504. The highest BCUT2D eigenvalue weighted by molar-refractivity contribution is 6.31. The standard InChI is InChI=1S/C22H20ClFN4O/c1-22(2,3)21-27-19(20(25)29)17-11-26-18(13-6-4-5-7-15(13)24)14-10-12(23)8-9-16(14)28(17)21/h4-10H,11H2,1-3H3,(H2,25,29). The molecule has 148 valence electrons. The van der Waals surface area contributed by atoms with Crippen LogP contribution in [0.5, 0.6) is 0 Å². The monoisotopic (exact) mass is 410 g/mol. The minimum absolute atomic E-state index is 0.136. The van der Waals surface area contributed by atoms with E-state index in [1.54, 1.807) is 30.3 Å². The summed E-state index contributed by atoms with van der Waals surface area (Å²) in [5.41, 5.74) is 8.24. The van der Waals surface area contributed by atoms with Gasteiger partial charge in [0.25, 0.3) is 5.91 Å². The molecule has 0 aliphatic carbocycles. The highest BCUT2D eigenvalue weighted by atomic mass is 35.5. The highest BCUT2D eigenvalue weighted by Crippen LogP contribution is 2.34. The van der Waals surface area contributed by atoms with Crippen LogP contribution in [0.15, 0.2) is 47.5 Å². The number of nitrogens with zero attached hydrogens (tertiary/aromatic N) is 3. The number of aliphatic imine (C=N–C) groups is 1. The summed E-state index contributed by atoms with van der Waals surface area (Å²) in [6, 6.07) is 11.8. The molecule has 4 rings (SSSR count). The van der Waals surface area contributed by atoms with Gasteiger partial charge in [-0.2, -0.15) is 0 Å². The van der Waals surface area contributed by atoms with Crippen molar-refractivity contribution in [3.8, 4) is 5.69 Å². The topological polar surface area (TPSA) is 73.3 Å². The molecule has 7 heteroatoms. The van der Waals surface area contributed by atoms with Gasteiger partial charge in [-0.05, 0) is 30.3 Å². The van der Waals surface area contributed by atoms with Crippen LogP contribution in [-0.4, -0.2) is 21.2 Å². The number of amides is 1. The summed E-state index contributed by atoms with van der Waals surface area (Å²) in [6.07, 6.45) is 0. The molecule has 2 N–H and O–H groups in total. The number of carbonyl (C=O) groups excluding carboxylic acids is 1. The molecule has 0 bridgehead atoms. The zero-order valence-electron chi connectivity index (χ0n) is 16.3. The minimum Gasteiger partial charge on any atom is -0.364 e. The normalized spacial score (nSPS) is 13.3. The van der Waals surface area contributed by atoms with E-state index in [2.05, 4.69) is 9.98 Å². The van der Waals surface area contributed by atoms with Gasteiger partial charge in [-0.25, -0.2) is 9.37 Å². The van der Waals surface area contributed by atoms with Gasteiger partial charge < -0.3 is 5.73 Å². The van der Waals surface area contributed by atoms with Gasteiger partial charge in [-0.1, -0.05) is 44.5 Å². The molecule has 0 saturated heterocycles. The van der Waals surface area contributed by atoms with Crippen LogP contribution >= 0.6 is 11.6 Å². The fourth-order valence-electron chi connectivity index (χ4n) is 3.58. The number of hydrogen-bond donors (Lipinski definition) is 1. The van der Waals surface area contributed by atoms with Crippen molar-refractivity contribution in [3.63, 3.8) is 0 Å². The van der Waals surface area contributed by atoms with Crippen LogP contribution in [0.25, 0.3) is 5.69 Å². The second-order valence-corrected chi connectivity index (χ2v) is 8.42. The molecule has 29 heavy (non-hydrogen) atoms. The third-order valence-corrected chi connectivity index (χ3v) is 5.08. The Balaban J connectivity index is 2.09. The smallest absolute Gasteiger partial charge is 0.269 e. The fraction of sp³-hybridized carbons (Fsp3) is 0.227. The number of nitrogens with two attached hydrogens (primary N) is 1. The SMILES string of the molecule is CC(C)(C)c1nc(C(N)=O)c2n1-c1ccc(Cl)cc1C(c1ccccc1F)=NC2. The van der Waals surface area contributed by atoms with Crippen molar-refractivity contribution in [3.05, 3.63) is 81.6 Å². The average molecular weight is 411 g/mol. The van der Waals surface area contributed by atoms with E-state index in [4.69, 9.17) is 17.3 Å². The number of carbonyl (C=O) groups is 1. The maximum Gasteiger partial charge on any atom is 0.269 e. The fourth-order valence-corrected chi connectivity index (χ4v) is 3.75. The maximum absolute atomic E-state index is 14.6. The molecule has 2 aromatic carbocycles. The third kappa shape index (κ3) is 3.23. The number of aromatic nitrogens is 2. The molecule has 2 heterocycles. The Morgan fingerprint density at radius 2 is 1.90 bits per heavy atom. The zero-order chi connectivity index (χ0) is 20.9. The first-order valence-corrected chi connectivity index (χ1v) is 9.58. The summed E-state index contributed by atoms with van der Waals surface area (Å²) in [4.78, 5) is 21.3. The lowest BCUT2D eigenvalue weighted by atomic mass is 9.94. The van der Waals surface area contributed by atoms with Crippen molar-refractivity contribution in [2.45, 2.75) is 32.7 Å². The summed E-state index contributed by atoms with van der Waals surface area (Å²) in [7, 11) is 0. The van der Waals surface area contributed by atoms with Crippen LogP contribution in [0, 0.1) is 5.82 Å². The van der Waals surface area contributed by atoms with Crippen molar-refractivity contribution >= 4 is 23.2 Å². The molecule has 1 aromatic heterocycles. The molecule has 1 aliphatic rings. The molecule has 1 amide bonds. The van der Waals surface area contributed by atoms with Crippen molar-refractivity contribution < 1.29 is 9.18 Å². The van der Waals surface area contributed by atoms with E-state index in [1.807, 2.05) is 31.4 Å². The predicted molar refractivity (Wildman–Crippen MR) is 112 cm³/mol. The quantitative estimate of drug-likeness (QED) is 0.679. The van der Waals surface area contributed by atoms with Gasteiger partial charge in [0.15, 0.2) is 5.69 Å². The van der Waals surface area contributed by atoms with Gasteiger partial charge in [0.1, 0.15) is 11.6 Å². The Morgan fingerprint density at radius 3 is 2.55 bits per heavy atom. The lowest BCUT2D eigenvalue weighted by molar-refractivity contribution is 0.0995. The lowest BCUT2D eigenvalue weighted by Crippen LogP contribution is -2.20. The number of hydrogen-bond acceptors (Lipinski definition) is 3. The second-order valence-electron chi connectivity index (χ2n) is 7.99. The van der Waals surface area contributed by atoms with Crippen LogP contribution in [0.3, 0.4) is 0 Å². The van der Waals surface area contributed by atoms with E-state index in [-0.39, 0.29) is 23.5 Å². The number of fused-ring (bicyclic) bond motifs is 3. The van der Waals surface area contributed by atoms with E-state index in [1.165, 1.54) is 6.07 Å². The second kappa shape index (κ2) is 6.81. The number of rotatable bonds is 2. The molecule has 0 fully saturated rings. The number of imidazole rings is 1. The van der Waals surface area contributed by atoms with Crippen molar-refractivity contribution in [1.82, 2.24) is 9.55 Å². The van der Waals surface area contributed by atoms with E-state index in [0.29, 0.717) is 33.4 Å². The molecule has 1 aliphatic heterocycles. The highest BCUT2D eigenvalue weighted by Gasteiger charge is 2.32. The Hall–Kier alpha value is -2.99. The van der Waals surface area contributed by atoms with Crippen molar-refractivity contribution in [1.29, 1.82) is 0 Å². The average Bonchev–Trinajstić information content (AvgIpc) is 2.96. The molecule has 3 aromatic rings. The summed E-state index contributed by atoms with van der Waals surface area (Å²) in [5.74, 6) is -0.327. The largest absolute Gasteiger partial charge is 0.364 e. The molecule has 0 spiro atoms. The van der Waals surface area contributed by atoms with Crippen LogP contribution in [0.2, 0.25) is 5.02 Å². The Bertz CT molecular complexity index is 1170. The third-order valence-electron chi connectivity index (χ3n) is 4.85. The van der Waals surface area contributed by atoms with Crippen LogP contribution < -0.4 is 5.73 Å². The maximum atomic E-state index is 14.6. The molecule has 0 unspecified atom stereocenters. The van der Waals surface area contributed by atoms with E-state index in [0.717, 1.165) is 5.69 Å². The summed E-state index contributed by atoms with van der Waals surface area (Å²) in [6.45, 7) is 6.16. The lowest BCUT2D eigenvalue weighted by Gasteiger charge is -2.22. The van der Waals surface area contributed by atoms with Crippen LogP contribution in [0.1, 0.15) is 53.9 Å². The van der Waals surface area contributed by atoms with Gasteiger partial charge in [0, 0.05) is 21.6 Å². The molecular weight excluding hydrogens is 391 g/mol. The molecule has 0 atom stereocenters. The van der Waals surface area contributed by atoms with Gasteiger partial charge in [0.2, 0.25) is 0 Å². The van der Waals surface area contributed by atoms with Crippen molar-refractivity contribution in [2.75, 3.05) is 0 Å². The predicted octanol–water partition coefficient (Wildman–Crippen LogP) is 4.41. The summed E-state index contributed by atoms with van der Waals surface area (Å²) < 4.78 is 16.5. The first-order valence-electron chi connectivity index (χ1n) is 9.20. The first-order chi connectivity index (χ1) is 13.7. The summed E-state index contributed by atoms with van der Waals surface area (Å²) >= 11 is 6.29. The van der Waals surface area contributed by atoms with Crippen LogP contribution in [0.4, 0.5) is 4.39 Å². The Kier molecular flexibility index (Phi) is 4.54. The Morgan fingerprint density at radius 1 is 1.17 bits per heavy atom. The first kappa shape index (κ1) is 19.3. The van der Waals surface area contributed by atoms with Gasteiger partial charge >= 0.3 is 0 Å². The molecule has 5 nitrogen and oxygen atoms in total. The Labute approximate surface area is 173 Å². The van der Waals surface area contributed by atoms with E-state index >= 15 is 0 Å².